The summed E-state index contributed by atoms with van der Waals surface area (Å²) >= 11 is 0. The second-order valence-electron chi connectivity index (χ2n) is 4.09. The SMILES string of the molecule is N#CCC(O)C(O)c1ccc2oc(C(=O)O)cc2c1. The van der Waals surface area contributed by atoms with Crippen LogP contribution in [0.4, 0.5) is 0 Å². The van der Waals surface area contributed by atoms with Gasteiger partial charge in [-0.1, -0.05) is 6.07 Å². The molecule has 0 aliphatic rings. The van der Waals surface area contributed by atoms with E-state index in [9.17, 15) is 15.0 Å². The lowest BCUT2D eigenvalue weighted by atomic mass is 10.0. The van der Waals surface area contributed by atoms with Gasteiger partial charge in [0, 0.05) is 5.39 Å². The lowest BCUT2D eigenvalue weighted by Gasteiger charge is -2.15. The molecule has 1 heterocycles. The number of aliphatic hydroxyl groups excluding tert-OH is 2. The first-order valence-electron chi connectivity index (χ1n) is 5.53. The van der Waals surface area contributed by atoms with E-state index >= 15 is 0 Å². The number of nitrogens with zero attached hydrogens (tertiary/aromatic N) is 1. The summed E-state index contributed by atoms with van der Waals surface area (Å²) in [6, 6.07) is 7.66. The van der Waals surface area contributed by atoms with Crippen molar-refractivity contribution >= 4 is 16.9 Å². The van der Waals surface area contributed by atoms with Crippen molar-refractivity contribution in [3.63, 3.8) is 0 Å². The molecule has 2 aromatic rings. The van der Waals surface area contributed by atoms with Crippen LogP contribution in [0.25, 0.3) is 11.0 Å². The Morgan fingerprint density at radius 2 is 2.11 bits per heavy atom. The highest BCUT2D eigenvalue weighted by Gasteiger charge is 2.19. The Kier molecular flexibility index (Phi) is 3.51. The molecule has 98 valence electrons. The summed E-state index contributed by atoms with van der Waals surface area (Å²) in [6.45, 7) is 0. The molecule has 0 radical (unpaired) electrons. The van der Waals surface area contributed by atoms with E-state index in [2.05, 4.69) is 0 Å². The molecule has 1 aromatic heterocycles. The number of rotatable bonds is 4. The Morgan fingerprint density at radius 1 is 1.37 bits per heavy atom. The first-order valence-corrected chi connectivity index (χ1v) is 5.53. The fourth-order valence-corrected chi connectivity index (χ4v) is 1.78. The van der Waals surface area contributed by atoms with Gasteiger partial charge in [0.2, 0.25) is 5.76 Å². The molecule has 0 bridgehead atoms. The number of carbonyl (C=O) groups is 1. The Morgan fingerprint density at radius 3 is 2.74 bits per heavy atom. The molecule has 0 aliphatic heterocycles. The zero-order valence-electron chi connectivity index (χ0n) is 9.78. The largest absolute Gasteiger partial charge is 0.475 e. The molecule has 0 amide bonds. The van der Waals surface area contributed by atoms with E-state index in [0.29, 0.717) is 16.5 Å². The van der Waals surface area contributed by atoms with Crippen molar-refractivity contribution in [1.29, 1.82) is 5.26 Å². The van der Waals surface area contributed by atoms with Crippen LogP contribution in [0, 0.1) is 11.3 Å². The number of furan rings is 1. The number of carboxylic acid groups (broad SMARTS) is 1. The molecule has 3 N–H and O–H groups in total. The number of benzene rings is 1. The molecule has 19 heavy (non-hydrogen) atoms. The lowest BCUT2D eigenvalue weighted by Crippen LogP contribution is -2.17. The van der Waals surface area contributed by atoms with Gasteiger partial charge in [0.25, 0.3) is 0 Å². The summed E-state index contributed by atoms with van der Waals surface area (Å²) in [6.07, 6.45) is -2.58. The second kappa shape index (κ2) is 5.10. The summed E-state index contributed by atoms with van der Waals surface area (Å²) < 4.78 is 5.08. The van der Waals surface area contributed by atoms with Crippen LogP contribution < -0.4 is 0 Å². The predicted octanol–water partition coefficient (Wildman–Crippen LogP) is 1.44. The number of nitriles is 1. The first kappa shape index (κ1) is 13.1. The minimum atomic E-state index is -1.20. The van der Waals surface area contributed by atoms with Gasteiger partial charge in [-0.3, -0.25) is 0 Å². The van der Waals surface area contributed by atoms with Gasteiger partial charge in [-0.05, 0) is 23.8 Å². The topological polar surface area (TPSA) is 115 Å². The summed E-state index contributed by atoms with van der Waals surface area (Å²) in [5, 5.41) is 37.2. The van der Waals surface area contributed by atoms with Crippen LogP contribution in [-0.2, 0) is 0 Å². The Hall–Kier alpha value is -2.36. The van der Waals surface area contributed by atoms with E-state index in [1.165, 1.54) is 24.3 Å². The summed E-state index contributed by atoms with van der Waals surface area (Å²) in [5.41, 5.74) is 0.774. The summed E-state index contributed by atoms with van der Waals surface area (Å²) in [4.78, 5) is 10.8. The van der Waals surface area contributed by atoms with Crippen molar-refractivity contribution in [2.45, 2.75) is 18.6 Å². The molecule has 2 rings (SSSR count). The molecule has 0 spiro atoms. The van der Waals surface area contributed by atoms with Crippen molar-refractivity contribution in [1.82, 2.24) is 0 Å². The van der Waals surface area contributed by atoms with E-state index in [0.717, 1.165) is 0 Å². The zero-order valence-corrected chi connectivity index (χ0v) is 9.78. The standard InChI is InChI=1S/C13H11NO5/c14-4-3-9(15)12(16)7-1-2-10-8(5-7)6-11(19-10)13(17)18/h1-2,5-6,9,12,15-16H,3H2,(H,17,18). The van der Waals surface area contributed by atoms with Crippen molar-refractivity contribution in [3.05, 3.63) is 35.6 Å². The molecular formula is C13H11NO5. The van der Waals surface area contributed by atoms with Gasteiger partial charge < -0.3 is 19.7 Å². The van der Waals surface area contributed by atoms with Crippen LogP contribution in [0.15, 0.2) is 28.7 Å². The van der Waals surface area contributed by atoms with Crippen molar-refractivity contribution in [3.8, 4) is 6.07 Å². The number of hydrogen-bond acceptors (Lipinski definition) is 5. The van der Waals surface area contributed by atoms with E-state index < -0.39 is 18.2 Å². The Labute approximate surface area is 108 Å². The second-order valence-corrected chi connectivity index (χ2v) is 4.09. The number of aliphatic hydroxyl groups is 2. The van der Waals surface area contributed by atoms with Gasteiger partial charge in [0.1, 0.15) is 11.7 Å². The fourth-order valence-electron chi connectivity index (χ4n) is 1.78. The van der Waals surface area contributed by atoms with Crippen molar-refractivity contribution < 1.29 is 24.5 Å². The molecule has 0 fully saturated rings. The van der Waals surface area contributed by atoms with Gasteiger partial charge in [-0.15, -0.1) is 0 Å². The van der Waals surface area contributed by atoms with Crippen LogP contribution in [0.1, 0.15) is 28.6 Å². The fraction of sp³-hybridized carbons (Fsp3) is 0.231. The van der Waals surface area contributed by atoms with Gasteiger partial charge >= 0.3 is 5.97 Å². The van der Waals surface area contributed by atoms with Crippen LogP contribution >= 0.6 is 0 Å². The van der Waals surface area contributed by atoms with Crippen molar-refractivity contribution in [2.24, 2.45) is 0 Å². The molecule has 2 unspecified atom stereocenters. The van der Waals surface area contributed by atoms with Crippen molar-refractivity contribution in [2.75, 3.05) is 0 Å². The van der Waals surface area contributed by atoms with Crippen LogP contribution in [0.2, 0.25) is 0 Å². The molecule has 0 saturated heterocycles. The molecule has 6 nitrogen and oxygen atoms in total. The third-order valence-electron chi connectivity index (χ3n) is 2.76. The molecule has 0 aliphatic carbocycles. The van der Waals surface area contributed by atoms with E-state index in [-0.39, 0.29) is 12.2 Å². The highest BCUT2D eigenvalue weighted by atomic mass is 16.4. The maximum atomic E-state index is 10.8. The highest BCUT2D eigenvalue weighted by Crippen LogP contribution is 2.26. The maximum absolute atomic E-state index is 10.8. The first-order chi connectivity index (χ1) is 9.02. The van der Waals surface area contributed by atoms with Crippen LogP contribution in [-0.4, -0.2) is 27.4 Å². The van der Waals surface area contributed by atoms with Crippen LogP contribution in [0.5, 0.6) is 0 Å². The number of hydrogen-bond donors (Lipinski definition) is 3. The minimum Gasteiger partial charge on any atom is -0.475 e. The Balaban J connectivity index is 2.36. The van der Waals surface area contributed by atoms with E-state index in [1.54, 1.807) is 6.07 Å². The third kappa shape index (κ3) is 2.57. The van der Waals surface area contributed by atoms with E-state index in [4.69, 9.17) is 14.8 Å². The summed E-state index contributed by atoms with van der Waals surface area (Å²) in [5.74, 6) is -1.37. The average molecular weight is 261 g/mol. The highest BCUT2D eigenvalue weighted by molar-refractivity contribution is 5.91. The smallest absolute Gasteiger partial charge is 0.371 e. The zero-order chi connectivity index (χ0) is 14.0. The van der Waals surface area contributed by atoms with Gasteiger partial charge in [0.05, 0.1) is 18.6 Å². The monoisotopic (exact) mass is 261 g/mol. The summed E-state index contributed by atoms with van der Waals surface area (Å²) in [7, 11) is 0. The molecule has 0 saturated carbocycles. The molecule has 2 atom stereocenters. The van der Waals surface area contributed by atoms with Gasteiger partial charge in [0.15, 0.2) is 0 Å². The number of aromatic carboxylic acids is 1. The average Bonchev–Trinajstić information content (AvgIpc) is 2.81. The minimum absolute atomic E-state index is 0.190. The number of fused-ring (bicyclic) bond motifs is 1. The lowest BCUT2D eigenvalue weighted by molar-refractivity contribution is 0.0217. The van der Waals surface area contributed by atoms with E-state index in [1.807, 2.05) is 0 Å². The quantitative estimate of drug-likeness (QED) is 0.767. The number of carboxylic acids is 1. The molecule has 1 aromatic carbocycles. The molecule has 6 heteroatoms. The predicted molar refractivity (Wildman–Crippen MR) is 64.4 cm³/mol. The Bertz CT molecular complexity index is 655. The van der Waals surface area contributed by atoms with Crippen LogP contribution in [0.3, 0.4) is 0 Å². The maximum Gasteiger partial charge on any atom is 0.371 e. The van der Waals surface area contributed by atoms with Gasteiger partial charge in [-0.2, -0.15) is 5.26 Å². The molecular weight excluding hydrogens is 250 g/mol. The normalized spacial score (nSPS) is 13.9. The van der Waals surface area contributed by atoms with Gasteiger partial charge in [-0.25, -0.2) is 4.79 Å². The third-order valence-corrected chi connectivity index (χ3v) is 2.76.